The molecule has 0 aliphatic carbocycles. The Balaban J connectivity index is 1.95. The normalized spacial score (nSPS) is 19.5. The lowest BCUT2D eigenvalue weighted by atomic mass is 10.2. The van der Waals surface area contributed by atoms with Crippen molar-refractivity contribution in [1.29, 1.82) is 0 Å². The topological polar surface area (TPSA) is 70.0 Å². The fourth-order valence-corrected chi connectivity index (χ4v) is 1.82. The van der Waals surface area contributed by atoms with Gasteiger partial charge in [0.05, 0.1) is 6.54 Å². The molecule has 1 aliphatic rings. The number of aromatic hydroxyl groups is 1. The summed E-state index contributed by atoms with van der Waals surface area (Å²) in [5.41, 5.74) is 0.935. The predicted molar refractivity (Wildman–Crippen MR) is 60.5 cm³/mol. The molecule has 1 atom stereocenters. The van der Waals surface area contributed by atoms with Crippen molar-refractivity contribution in [2.24, 2.45) is 0 Å². The Morgan fingerprint density at radius 2 is 2.06 bits per heavy atom. The van der Waals surface area contributed by atoms with Crippen molar-refractivity contribution >= 4 is 6.09 Å². The van der Waals surface area contributed by atoms with E-state index in [0.29, 0.717) is 19.5 Å². The highest BCUT2D eigenvalue weighted by Crippen LogP contribution is 2.18. The Morgan fingerprint density at radius 3 is 2.71 bits per heavy atom. The van der Waals surface area contributed by atoms with Crippen molar-refractivity contribution in [1.82, 2.24) is 4.90 Å². The molecule has 2 rings (SSSR count). The van der Waals surface area contributed by atoms with Gasteiger partial charge in [0.1, 0.15) is 11.9 Å². The second-order valence-electron chi connectivity index (χ2n) is 4.07. The van der Waals surface area contributed by atoms with E-state index in [1.165, 1.54) is 0 Å². The Kier molecular flexibility index (Phi) is 3.49. The van der Waals surface area contributed by atoms with E-state index in [9.17, 15) is 4.79 Å². The van der Waals surface area contributed by atoms with Crippen LogP contribution in [-0.4, -0.2) is 40.5 Å². The van der Waals surface area contributed by atoms with Crippen molar-refractivity contribution in [3.63, 3.8) is 0 Å². The Hall–Kier alpha value is -1.75. The lowest BCUT2D eigenvalue weighted by Gasteiger charge is -2.12. The minimum Gasteiger partial charge on any atom is -0.508 e. The summed E-state index contributed by atoms with van der Waals surface area (Å²) in [5.74, 6) is 0.205. The summed E-state index contributed by atoms with van der Waals surface area (Å²) in [5, 5.41) is 17.9. The zero-order valence-electron chi connectivity index (χ0n) is 9.37. The van der Waals surface area contributed by atoms with Crippen LogP contribution in [0.5, 0.6) is 5.75 Å². The lowest BCUT2D eigenvalue weighted by Crippen LogP contribution is -2.24. The van der Waals surface area contributed by atoms with Gasteiger partial charge in [-0.25, -0.2) is 4.79 Å². The molecule has 1 aliphatic heterocycles. The average molecular weight is 237 g/mol. The number of aliphatic hydroxyl groups excluding tert-OH is 1. The molecule has 1 heterocycles. The van der Waals surface area contributed by atoms with E-state index in [4.69, 9.17) is 14.9 Å². The SMILES string of the molecule is O=C1OC(CCO)CN1Cc1ccc(O)cc1. The number of hydrogen-bond acceptors (Lipinski definition) is 4. The molecule has 1 unspecified atom stereocenters. The van der Waals surface area contributed by atoms with Gasteiger partial charge in [0.15, 0.2) is 0 Å². The first-order valence-corrected chi connectivity index (χ1v) is 5.53. The second-order valence-corrected chi connectivity index (χ2v) is 4.07. The number of nitrogens with zero attached hydrogens (tertiary/aromatic N) is 1. The number of carbonyl (C=O) groups is 1. The van der Waals surface area contributed by atoms with E-state index in [-0.39, 0.29) is 24.6 Å². The minimum atomic E-state index is -0.350. The number of rotatable bonds is 4. The molecular formula is C12H15NO4. The molecular weight excluding hydrogens is 222 g/mol. The third kappa shape index (κ3) is 2.88. The summed E-state index contributed by atoms with van der Waals surface area (Å²) in [6, 6.07) is 6.70. The van der Waals surface area contributed by atoms with E-state index in [1.54, 1.807) is 29.2 Å². The highest BCUT2D eigenvalue weighted by molar-refractivity contribution is 5.69. The van der Waals surface area contributed by atoms with Gasteiger partial charge in [-0.3, -0.25) is 0 Å². The minimum absolute atomic E-state index is 0.0188. The summed E-state index contributed by atoms with van der Waals surface area (Å²) < 4.78 is 5.09. The molecule has 5 nitrogen and oxygen atoms in total. The van der Waals surface area contributed by atoms with Crippen LogP contribution in [-0.2, 0) is 11.3 Å². The van der Waals surface area contributed by atoms with Crippen molar-refractivity contribution in [2.75, 3.05) is 13.2 Å². The van der Waals surface area contributed by atoms with Crippen LogP contribution in [0.3, 0.4) is 0 Å². The number of phenols is 1. The van der Waals surface area contributed by atoms with Crippen LogP contribution >= 0.6 is 0 Å². The molecule has 1 fully saturated rings. The van der Waals surface area contributed by atoms with Gasteiger partial charge >= 0.3 is 6.09 Å². The van der Waals surface area contributed by atoms with Gasteiger partial charge in [0.2, 0.25) is 0 Å². The van der Waals surface area contributed by atoms with Crippen molar-refractivity contribution in [3.05, 3.63) is 29.8 Å². The molecule has 0 saturated carbocycles. The first kappa shape index (κ1) is 11.7. The molecule has 1 aromatic rings. The molecule has 17 heavy (non-hydrogen) atoms. The maximum atomic E-state index is 11.5. The number of ether oxygens (including phenoxy) is 1. The van der Waals surface area contributed by atoms with E-state index >= 15 is 0 Å². The van der Waals surface area contributed by atoms with E-state index in [2.05, 4.69) is 0 Å². The van der Waals surface area contributed by atoms with Gasteiger partial charge in [0, 0.05) is 19.6 Å². The largest absolute Gasteiger partial charge is 0.508 e. The number of cyclic esters (lactones) is 1. The third-order valence-electron chi connectivity index (χ3n) is 2.71. The lowest BCUT2D eigenvalue weighted by molar-refractivity contribution is 0.117. The Morgan fingerprint density at radius 1 is 1.35 bits per heavy atom. The quantitative estimate of drug-likeness (QED) is 0.822. The maximum absolute atomic E-state index is 11.5. The number of amides is 1. The van der Waals surface area contributed by atoms with Gasteiger partial charge in [-0.2, -0.15) is 0 Å². The van der Waals surface area contributed by atoms with Crippen molar-refractivity contribution in [2.45, 2.75) is 19.1 Å². The molecule has 92 valence electrons. The highest BCUT2D eigenvalue weighted by atomic mass is 16.6. The van der Waals surface area contributed by atoms with Gasteiger partial charge in [0.25, 0.3) is 0 Å². The monoisotopic (exact) mass is 237 g/mol. The number of aliphatic hydroxyl groups is 1. The third-order valence-corrected chi connectivity index (χ3v) is 2.71. The summed E-state index contributed by atoms with van der Waals surface area (Å²) in [6.07, 6.45) is -0.0983. The summed E-state index contributed by atoms with van der Waals surface area (Å²) >= 11 is 0. The molecule has 1 aromatic carbocycles. The molecule has 2 N–H and O–H groups in total. The number of phenolic OH excluding ortho intramolecular Hbond substituents is 1. The van der Waals surface area contributed by atoms with Crippen LogP contribution in [0.25, 0.3) is 0 Å². The number of hydrogen-bond donors (Lipinski definition) is 2. The van der Waals surface area contributed by atoms with E-state index < -0.39 is 0 Å². The zero-order valence-corrected chi connectivity index (χ0v) is 9.37. The molecule has 0 bridgehead atoms. The van der Waals surface area contributed by atoms with Crippen LogP contribution in [0.2, 0.25) is 0 Å². The number of carbonyl (C=O) groups excluding carboxylic acids is 1. The predicted octanol–water partition coefficient (Wildman–Crippen LogP) is 1.10. The summed E-state index contributed by atoms with van der Waals surface area (Å²) in [7, 11) is 0. The van der Waals surface area contributed by atoms with Crippen LogP contribution in [0.1, 0.15) is 12.0 Å². The summed E-state index contributed by atoms with van der Waals surface area (Å²) in [4.78, 5) is 13.1. The molecule has 0 aromatic heterocycles. The standard InChI is InChI=1S/C12H15NO4/c14-6-5-11-8-13(12(16)17-11)7-9-1-3-10(15)4-2-9/h1-4,11,14-15H,5-8H2. The number of benzene rings is 1. The molecule has 5 heteroatoms. The first-order valence-electron chi connectivity index (χ1n) is 5.53. The van der Waals surface area contributed by atoms with Crippen LogP contribution < -0.4 is 0 Å². The highest BCUT2D eigenvalue weighted by Gasteiger charge is 2.30. The van der Waals surface area contributed by atoms with Gasteiger partial charge in [-0.05, 0) is 17.7 Å². The maximum Gasteiger partial charge on any atom is 0.410 e. The molecule has 0 radical (unpaired) electrons. The van der Waals surface area contributed by atoms with Crippen LogP contribution in [0, 0.1) is 0 Å². The van der Waals surface area contributed by atoms with E-state index in [0.717, 1.165) is 5.56 Å². The molecule has 0 spiro atoms. The van der Waals surface area contributed by atoms with Crippen LogP contribution in [0.4, 0.5) is 4.79 Å². The Labute approximate surface area is 99.2 Å². The fourth-order valence-electron chi connectivity index (χ4n) is 1.82. The summed E-state index contributed by atoms with van der Waals surface area (Å²) in [6.45, 7) is 0.978. The first-order chi connectivity index (χ1) is 8.19. The Bertz CT molecular complexity index is 390. The smallest absolute Gasteiger partial charge is 0.410 e. The van der Waals surface area contributed by atoms with Gasteiger partial charge in [-0.1, -0.05) is 12.1 Å². The zero-order chi connectivity index (χ0) is 12.3. The van der Waals surface area contributed by atoms with Crippen molar-refractivity contribution < 1.29 is 19.7 Å². The second kappa shape index (κ2) is 5.05. The van der Waals surface area contributed by atoms with Crippen molar-refractivity contribution in [3.8, 4) is 5.75 Å². The average Bonchev–Trinajstić information content (AvgIpc) is 2.63. The molecule has 1 saturated heterocycles. The fraction of sp³-hybridized carbons (Fsp3) is 0.417. The van der Waals surface area contributed by atoms with Gasteiger partial charge < -0.3 is 19.8 Å². The van der Waals surface area contributed by atoms with E-state index in [1.807, 2.05) is 0 Å². The van der Waals surface area contributed by atoms with Gasteiger partial charge in [-0.15, -0.1) is 0 Å². The van der Waals surface area contributed by atoms with Crippen LogP contribution in [0.15, 0.2) is 24.3 Å². The molecule has 1 amide bonds.